The van der Waals surface area contributed by atoms with Crippen LogP contribution in [0.15, 0.2) is 60.7 Å². The van der Waals surface area contributed by atoms with E-state index in [1.165, 1.54) is 0 Å². The summed E-state index contributed by atoms with van der Waals surface area (Å²) in [7, 11) is 0. The minimum absolute atomic E-state index is 0. The molecule has 1 aromatic carbocycles. The Morgan fingerprint density at radius 3 is 1.97 bits per heavy atom. The van der Waals surface area contributed by atoms with Gasteiger partial charge in [-0.2, -0.15) is 0 Å². The zero-order valence-corrected chi connectivity index (χ0v) is 21.1. The van der Waals surface area contributed by atoms with E-state index in [0.29, 0.717) is 22.5 Å². The molecule has 0 amide bonds. The second-order valence-corrected chi connectivity index (χ2v) is 7.84. The Hall–Kier alpha value is -4.09. The molecule has 0 saturated carbocycles. The number of fused-ring (bicyclic) bond motifs is 8. The molecule has 34 heavy (non-hydrogen) atoms. The molecular weight excluding hydrogens is 476 g/mol. The molecule has 0 saturated heterocycles. The number of hydrogen-bond donors (Lipinski definition) is 1. The van der Waals surface area contributed by atoms with E-state index >= 15 is 0 Å². The first-order valence-electron chi connectivity index (χ1n) is 10.5. The Labute approximate surface area is 208 Å². The molecule has 0 spiro atoms. The van der Waals surface area contributed by atoms with Gasteiger partial charge < -0.3 is 15.7 Å². The average molecular weight is 493 g/mol. The fourth-order valence-corrected chi connectivity index (χ4v) is 4.04. The summed E-state index contributed by atoms with van der Waals surface area (Å²) in [6.07, 6.45) is 8.42. The Bertz CT molecular complexity index is 1640. The molecule has 7 heteroatoms. The summed E-state index contributed by atoms with van der Waals surface area (Å²) in [5, 5.41) is 0. The summed E-state index contributed by atoms with van der Waals surface area (Å²) in [6.45, 7) is 0. The van der Waals surface area contributed by atoms with Gasteiger partial charge in [0, 0.05) is 11.3 Å². The Morgan fingerprint density at radius 2 is 1.29 bits per heavy atom. The zero-order chi connectivity index (χ0) is 22.4. The molecule has 0 aliphatic carbocycles. The van der Waals surface area contributed by atoms with Crippen LogP contribution in [0, 0.1) is 0 Å². The van der Waals surface area contributed by atoms with Crippen LogP contribution in [0.4, 0.5) is 5.69 Å². The van der Waals surface area contributed by atoms with Gasteiger partial charge in [-0.05, 0) is 47.6 Å². The van der Waals surface area contributed by atoms with E-state index in [2.05, 4.69) is 9.97 Å². The summed E-state index contributed by atoms with van der Waals surface area (Å²) in [6, 6.07) is 19.1. The number of aromatic nitrogens is 4. The maximum Gasteiger partial charge on any atom is 2.00 e. The van der Waals surface area contributed by atoms with Crippen LogP contribution in [0.25, 0.3) is 57.5 Å². The normalized spacial score (nSPS) is 11.9. The largest absolute Gasteiger partial charge is 2.00 e. The van der Waals surface area contributed by atoms with E-state index in [-0.39, 0.29) is 19.5 Å². The van der Waals surface area contributed by atoms with Gasteiger partial charge >= 0.3 is 19.5 Å². The van der Waals surface area contributed by atoms with Crippen LogP contribution in [0.3, 0.4) is 0 Å². The van der Waals surface area contributed by atoms with Crippen molar-refractivity contribution in [2.75, 3.05) is 5.73 Å². The SMILES string of the molecule is Nc1ccc(-c2c3nc(cc4ccc([n-]4)c(C=O)c4nc(cc5ccc2[n-]5)C=C4)C=C3)cc1.[Zn+2]. The fourth-order valence-electron chi connectivity index (χ4n) is 4.04. The van der Waals surface area contributed by atoms with E-state index in [0.717, 1.165) is 51.0 Å². The van der Waals surface area contributed by atoms with Crippen molar-refractivity contribution >= 4 is 58.3 Å². The smallest absolute Gasteiger partial charge is 0.657 e. The molecule has 0 unspecified atom stereocenters. The number of carbonyl (C=O) groups excluding carboxylic acids is 1. The molecule has 0 radical (unpaired) electrons. The number of nitrogen functional groups attached to an aromatic ring is 1. The van der Waals surface area contributed by atoms with Crippen molar-refractivity contribution in [2.24, 2.45) is 0 Å². The van der Waals surface area contributed by atoms with Crippen molar-refractivity contribution < 1.29 is 24.3 Å². The Balaban J connectivity index is 0.00000241. The first-order valence-corrected chi connectivity index (χ1v) is 10.5. The molecule has 2 aliphatic rings. The van der Waals surface area contributed by atoms with E-state index in [9.17, 15) is 4.79 Å². The summed E-state index contributed by atoms with van der Waals surface area (Å²) in [5.74, 6) is 0. The molecule has 8 bridgehead atoms. The Kier molecular flexibility index (Phi) is 5.56. The molecule has 4 aromatic rings. The molecule has 0 fully saturated rings. The molecule has 3 aromatic heterocycles. The summed E-state index contributed by atoms with van der Waals surface area (Å²) >= 11 is 0. The average Bonchev–Trinajstić information content (AvgIpc) is 3.61. The van der Waals surface area contributed by atoms with Crippen LogP contribution >= 0.6 is 0 Å². The molecule has 5 heterocycles. The van der Waals surface area contributed by atoms with Crippen molar-refractivity contribution in [1.82, 2.24) is 19.9 Å². The van der Waals surface area contributed by atoms with E-state index in [1.54, 1.807) is 0 Å². The van der Waals surface area contributed by atoms with Gasteiger partial charge in [0.25, 0.3) is 0 Å². The van der Waals surface area contributed by atoms with Crippen LogP contribution in [0.1, 0.15) is 33.1 Å². The van der Waals surface area contributed by atoms with E-state index < -0.39 is 0 Å². The second-order valence-electron chi connectivity index (χ2n) is 7.84. The van der Waals surface area contributed by atoms with Gasteiger partial charge in [-0.25, -0.2) is 9.97 Å². The monoisotopic (exact) mass is 491 g/mol. The van der Waals surface area contributed by atoms with E-state index in [1.807, 2.05) is 85.0 Å². The van der Waals surface area contributed by atoms with Gasteiger partial charge in [0.1, 0.15) is 0 Å². The molecule has 2 aliphatic heterocycles. The predicted molar refractivity (Wildman–Crippen MR) is 132 cm³/mol. The number of nitrogens with two attached hydrogens (primary N) is 1. The van der Waals surface area contributed by atoms with Gasteiger partial charge in [-0.15, -0.1) is 22.1 Å². The number of hydrogen-bond acceptors (Lipinski definition) is 4. The van der Waals surface area contributed by atoms with Gasteiger partial charge in [-0.1, -0.05) is 48.5 Å². The predicted octanol–water partition coefficient (Wildman–Crippen LogP) is 4.97. The summed E-state index contributed by atoms with van der Waals surface area (Å²) in [4.78, 5) is 30.7. The number of anilines is 1. The van der Waals surface area contributed by atoms with Crippen LogP contribution in [0.5, 0.6) is 0 Å². The fraction of sp³-hybridized carbons (Fsp3) is 0. The van der Waals surface area contributed by atoms with Crippen molar-refractivity contribution in [1.29, 1.82) is 0 Å². The van der Waals surface area contributed by atoms with Gasteiger partial charge in [0.2, 0.25) is 0 Å². The van der Waals surface area contributed by atoms with Gasteiger partial charge in [0.15, 0.2) is 6.29 Å². The third kappa shape index (κ3) is 3.91. The van der Waals surface area contributed by atoms with Crippen molar-refractivity contribution in [2.45, 2.75) is 0 Å². The number of nitrogens with zero attached hydrogens (tertiary/aromatic N) is 4. The molecule has 0 atom stereocenters. The van der Waals surface area contributed by atoms with Crippen LogP contribution in [-0.2, 0) is 19.5 Å². The molecule has 6 rings (SSSR count). The molecule has 6 nitrogen and oxygen atoms in total. The minimum Gasteiger partial charge on any atom is -0.657 e. The van der Waals surface area contributed by atoms with Crippen LogP contribution < -0.4 is 15.7 Å². The molecule has 158 valence electrons. The number of carbonyl (C=O) groups is 1. The Morgan fingerprint density at radius 1 is 0.706 bits per heavy atom. The number of aldehydes is 1. The van der Waals surface area contributed by atoms with Gasteiger partial charge in [0.05, 0.1) is 22.8 Å². The minimum atomic E-state index is 0. The first-order chi connectivity index (χ1) is 16.2. The number of benzene rings is 1. The van der Waals surface area contributed by atoms with Gasteiger partial charge in [-0.3, -0.25) is 4.79 Å². The zero-order valence-electron chi connectivity index (χ0n) is 18.1. The third-order valence-corrected chi connectivity index (χ3v) is 5.62. The molecular formula is C27H17N5OZn. The summed E-state index contributed by atoms with van der Waals surface area (Å²) < 4.78 is 0. The maximum atomic E-state index is 11.8. The van der Waals surface area contributed by atoms with Crippen LogP contribution in [-0.4, -0.2) is 16.3 Å². The molecule has 2 N–H and O–H groups in total. The first kappa shape index (κ1) is 21.7. The number of rotatable bonds is 2. The third-order valence-electron chi connectivity index (χ3n) is 5.62. The maximum absolute atomic E-state index is 11.8. The summed E-state index contributed by atoms with van der Waals surface area (Å²) in [5.41, 5.74) is 14.7. The van der Waals surface area contributed by atoms with Crippen molar-refractivity contribution in [3.05, 3.63) is 89.0 Å². The van der Waals surface area contributed by atoms with E-state index in [4.69, 9.17) is 15.7 Å². The standard InChI is InChI=1S/C27H18N5O.Zn/c28-17-3-1-16(2-4-17)27-25-11-7-20(31-25)13-18-5-9-23(29-18)22(15-33)24-10-6-19(30-24)14-21-8-12-26(27)32-21;/h1-15H,(H3-,28,29,30,31,32,33);/q-1;+2/p-1. The van der Waals surface area contributed by atoms with Crippen molar-refractivity contribution in [3.8, 4) is 11.1 Å². The quantitative estimate of drug-likeness (QED) is 0.208. The van der Waals surface area contributed by atoms with Crippen molar-refractivity contribution in [3.63, 3.8) is 0 Å². The van der Waals surface area contributed by atoms with Crippen LogP contribution in [0.2, 0.25) is 0 Å². The second kappa shape index (κ2) is 8.69. The topological polar surface area (TPSA) is 97.1 Å².